The summed E-state index contributed by atoms with van der Waals surface area (Å²) in [7, 11) is 0. The third kappa shape index (κ3) is 5.90. The van der Waals surface area contributed by atoms with Crippen LogP contribution in [-0.4, -0.2) is 76.6 Å². The Morgan fingerprint density at radius 3 is 2.61 bits per heavy atom. The van der Waals surface area contributed by atoms with Gasteiger partial charge >= 0.3 is 0 Å². The monoisotopic (exact) mass is 392 g/mol. The van der Waals surface area contributed by atoms with Crippen LogP contribution in [0, 0.1) is 5.82 Å². The predicted octanol–water partition coefficient (Wildman–Crippen LogP) is 1.76. The van der Waals surface area contributed by atoms with E-state index in [1.54, 1.807) is 12.1 Å². The van der Waals surface area contributed by atoms with Crippen LogP contribution in [0.4, 0.5) is 4.39 Å². The van der Waals surface area contributed by atoms with E-state index in [1.807, 2.05) is 6.07 Å². The van der Waals surface area contributed by atoms with Crippen LogP contribution in [0.3, 0.4) is 0 Å². The number of morpholine rings is 1. The second-order valence-electron chi connectivity index (χ2n) is 7.48. The molecule has 1 aromatic rings. The normalized spacial score (nSPS) is 20.7. The van der Waals surface area contributed by atoms with E-state index in [9.17, 15) is 4.39 Å². The second-order valence-corrected chi connectivity index (χ2v) is 7.48. The Morgan fingerprint density at radius 1 is 1.14 bits per heavy atom. The molecule has 2 saturated heterocycles. The molecule has 0 atom stereocenters. The highest BCUT2D eigenvalue weighted by molar-refractivity contribution is 5.79. The lowest BCUT2D eigenvalue weighted by atomic mass is 9.74. The summed E-state index contributed by atoms with van der Waals surface area (Å²) in [5.74, 6) is 0.626. The first kappa shape index (κ1) is 21.0. The van der Waals surface area contributed by atoms with Gasteiger partial charge in [-0.2, -0.15) is 0 Å². The fourth-order valence-electron chi connectivity index (χ4n) is 3.85. The first-order chi connectivity index (χ1) is 13.7. The quantitative estimate of drug-likeness (QED) is 0.547. The Kier molecular flexibility index (Phi) is 8.06. The minimum absolute atomic E-state index is 0.174. The van der Waals surface area contributed by atoms with Gasteiger partial charge in [0, 0.05) is 51.4 Å². The van der Waals surface area contributed by atoms with Gasteiger partial charge in [-0.3, -0.25) is 9.89 Å². The number of ether oxygens (including phenoxy) is 2. The molecular formula is C21H33FN4O2. The lowest BCUT2D eigenvalue weighted by molar-refractivity contribution is 0.0389. The van der Waals surface area contributed by atoms with Crippen molar-refractivity contribution < 1.29 is 13.9 Å². The van der Waals surface area contributed by atoms with Crippen LogP contribution in [0.5, 0.6) is 0 Å². The zero-order valence-corrected chi connectivity index (χ0v) is 16.9. The Morgan fingerprint density at radius 2 is 1.89 bits per heavy atom. The molecule has 2 aliphatic heterocycles. The number of nitrogens with zero attached hydrogens (tertiary/aromatic N) is 2. The van der Waals surface area contributed by atoms with E-state index in [0.29, 0.717) is 19.8 Å². The molecule has 1 aromatic carbocycles. The van der Waals surface area contributed by atoms with Gasteiger partial charge in [-0.15, -0.1) is 0 Å². The minimum Gasteiger partial charge on any atom is -0.381 e. The van der Waals surface area contributed by atoms with E-state index in [2.05, 4.69) is 22.5 Å². The molecule has 0 saturated carbocycles. The highest BCUT2D eigenvalue weighted by Crippen LogP contribution is 2.35. The van der Waals surface area contributed by atoms with Crippen molar-refractivity contribution in [2.24, 2.45) is 4.99 Å². The first-order valence-corrected chi connectivity index (χ1v) is 10.4. The largest absolute Gasteiger partial charge is 0.381 e. The topological polar surface area (TPSA) is 58.1 Å². The van der Waals surface area contributed by atoms with Gasteiger partial charge in [-0.05, 0) is 37.5 Å². The molecule has 7 heteroatoms. The lowest BCUT2D eigenvalue weighted by Gasteiger charge is -2.36. The molecule has 0 unspecified atom stereocenters. The first-order valence-electron chi connectivity index (χ1n) is 10.4. The summed E-state index contributed by atoms with van der Waals surface area (Å²) in [6.45, 7) is 10.3. The summed E-state index contributed by atoms with van der Waals surface area (Å²) in [5, 5.41) is 6.77. The molecule has 156 valence electrons. The van der Waals surface area contributed by atoms with Gasteiger partial charge in [-0.25, -0.2) is 4.39 Å². The van der Waals surface area contributed by atoms with Crippen molar-refractivity contribution in [1.82, 2.24) is 15.5 Å². The number of nitrogens with one attached hydrogen (secondary N) is 2. The fraction of sp³-hybridized carbons (Fsp3) is 0.667. The Hall–Kier alpha value is -1.70. The van der Waals surface area contributed by atoms with Crippen LogP contribution in [-0.2, 0) is 14.9 Å². The summed E-state index contributed by atoms with van der Waals surface area (Å²) < 4.78 is 24.8. The molecule has 28 heavy (non-hydrogen) atoms. The fourth-order valence-corrected chi connectivity index (χ4v) is 3.85. The average Bonchev–Trinajstić information content (AvgIpc) is 2.73. The van der Waals surface area contributed by atoms with E-state index < -0.39 is 0 Å². The van der Waals surface area contributed by atoms with Gasteiger partial charge in [-0.1, -0.05) is 12.1 Å². The number of benzene rings is 1. The Bertz CT molecular complexity index is 629. The molecule has 0 radical (unpaired) electrons. The van der Waals surface area contributed by atoms with Crippen molar-refractivity contribution in [3.63, 3.8) is 0 Å². The maximum Gasteiger partial charge on any atom is 0.191 e. The van der Waals surface area contributed by atoms with Crippen LogP contribution < -0.4 is 10.6 Å². The predicted molar refractivity (Wildman–Crippen MR) is 109 cm³/mol. The number of halogens is 1. The van der Waals surface area contributed by atoms with E-state index in [1.165, 1.54) is 6.07 Å². The zero-order valence-electron chi connectivity index (χ0n) is 16.9. The molecule has 0 aliphatic carbocycles. The molecule has 2 fully saturated rings. The Labute approximate surface area is 167 Å². The minimum atomic E-state index is -0.192. The summed E-state index contributed by atoms with van der Waals surface area (Å²) in [4.78, 5) is 7.27. The van der Waals surface area contributed by atoms with Crippen molar-refractivity contribution in [3.05, 3.63) is 35.6 Å². The van der Waals surface area contributed by atoms with Gasteiger partial charge in [0.25, 0.3) is 0 Å². The molecule has 3 rings (SSSR count). The third-order valence-electron chi connectivity index (χ3n) is 5.60. The summed E-state index contributed by atoms with van der Waals surface area (Å²) >= 11 is 0. The molecule has 0 amide bonds. The highest BCUT2D eigenvalue weighted by atomic mass is 19.1. The van der Waals surface area contributed by atoms with Crippen molar-refractivity contribution in [2.45, 2.75) is 25.2 Å². The number of aliphatic imine (C=N–C) groups is 1. The molecule has 2 N–H and O–H groups in total. The van der Waals surface area contributed by atoms with E-state index in [-0.39, 0.29) is 11.2 Å². The molecule has 0 bridgehead atoms. The van der Waals surface area contributed by atoms with Crippen molar-refractivity contribution in [2.75, 3.05) is 65.7 Å². The highest BCUT2D eigenvalue weighted by Gasteiger charge is 2.34. The van der Waals surface area contributed by atoms with Crippen molar-refractivity contribution >= 4 is 5.96 Å². The second kappa shape index (κ2) is 10.7. The number of hydrogen-bond donors (Lipinski definition) is 2. The molecule has 0 spiro atoms. The number of rotatable bonds is 7. The molecular weight excluding hydrogens is 359 g/mol. The maximum atomic E-state index is 13.8. The number of guanidine groups is 1. The summed E-state index contributed by atoms with van der Waals surface area (Å²) in [6, 6.07) is 6.96. The molecule has 2 heterocycles. The smallest absolute Gasteiger partial charge is 0.191 e. The van der Waals surface area contributed by atoms with Gasteiger partial charge in [0.1, 0.15) is 5.82 Å². The SMILES string of the molecule is CCNC(=NCC1(c2cccc(F)c2)CCOCC1)NCCN1CCOCC1. The van der Waals surface area contributed by atoms with E-state index >= 15 is 0 Å². The molecule has 6 nitrogen and oxygen atoms in total. The average molecular weight is 393 g/mol. The molecule has 0 aromatic heterocycles. The summed E-state index contributed by atoms with van der Waals surface area (Å²) in [5.41, 5.74) is 0.844. The summed E-state index contributed by atoms with van der Waals surface area (Å²) in [6.07, 6.45) is 1.71. The standard InChI is InChI=1S/C21H33FN4O2/c1-2-23-20(24-8-9-26-10-14-28-15-11-26)25-17-21(6-12-27-13-7-21)18-4-3-5-19(22)16-18/h3-5,16H,2,6-15,17H2,1H3,(H2,23,24,25). The van der Waals surface area contributed by atoms with E-state index in [0.717, 1.165) is 70.3 Å². The lowest BCUT2D eigenvalue weighted by Crippen LogP contribution is -2.45. The Balaban J connectivity index is 1.64. The van der Waals surface area contributed by atoms with Crippen LogP contribution in [0.2, 0.25) is 0 Å². The van der Waals surface area contributed by atoms with Crippen LogP contribution >= 0.6 is 0 Å². The van der Waals surface area contributed by atoms with Gasteiger partial charge in [0.05, 0.1) is 19.8 Å². The molecule has 2 aliphatic rings. The van der Waals surface area contributed by atoms with Crippen LogP contribution in [0.15, 0.2) is 29.3 Å². The van der Waals surface area contributed by atoms with Gasteiger partial charge in [0.2, 0.25) is 0 Å². The van der Waals surface area contributed by atoms with Crippen molar-refractivity contribution in [1.29, 1.82) is 0 Å². The van der Waals surface area contributed by atoms with E-state index in [4.69, 9.17) is 14.5 Å². The zero-order chi connectivity index (χ0) is 19.7. The maximum absolute atomic E-state index is 13.8. The third-order valence-corrected chi connectivity index (χ3v) is 5.60. The van der Waals surface area contributed by atoms with Gasteiger partial charge in [0.15, 0.2) is 5.96 Å². The van der Waals surface area contributed by atoms with Gasteiger partial charge < -0.3 is 20.1 Å². The number of hydrogen-bond acceptors (Lipinski definition) is 4. The van der Waals surface area contributed by atoms with Crippen LogP contribution in [0.1, 0.15) is 25.3 Å². The van der Waals surface area contributed by atoms with Crippen molar-refractivity contribution in [3.8, 4) is 0 Å². The van der Waals surface area contributed by atoms with Crippen LogP contribution in [0.25, 0.3) is 0 Å².